The van der Waals surface area contributed by atoms with Gasteiger partial charge in [0.05, 0.1) is 0 Å². The summed E-state index contributed by atoms with van der Waals surface area (Å²) in [6, 6.07) is 3.87. The van der Waals surface area contributed by atoms with Crippen LogP contribution in [0, 0.1) is 11.5 Å². The first-order chi connectivity index (χ1) is 5.97. The van der Waals surface area contributed by atoms with Gasteiger partial charge in [0.2, 0.25) is 0 Å². The normalized spacial score (nSPS) is 10.5. The summed E-state index contributed by atoms with van der Waals surface area (Å²) in [5, 5.41) is 0. The highest BCUT2D eigenvalue weighted by atomic mass is 79.9. The number of rotatable bonds is 0. The van der Waals surface area contributed by atoms with Crippen molar-refractivity contribution < 1.29 is 0 Å². The van der Waals surface area contributed by atoms with Gasteiger partial charge in [0.1, 0.15) is 12.7 Å². The summed E-state index contributed by atoms with van der Waals surface area (Å²) >= 11 is 3.32. The molecule has 0 N–H and O–H groups in total. The Bertz CT molecular complexity index is 357. The van der Waals surface area contributed by atoms with Crippen LogP contribution in [0.15, 0.2) is 22.9 Å². The molecule has 0 radical (unpaired) electrons. The van der Waals surface area contributed by atoms with Crippen molar-refractivity contribution in [3.8, 4) is 11.5 Å². The Morgan fingerprint density at radius 3 is 2.62 bits per heavy atom. The molecule has 0 aliphatic carbocycles. The molecule has 68 valence electrons. The van der Waals surface area contributed by atoms with Crippen molar-refractivity contribution in [2.45, 2.75) is 19.6 Å². The fourth-order valence-electron chi connectivity index (χ4n) is 0.740. The second kappa shape index (κ2) is 4.08. The Hall–Kier alpha value is -0.593. The number of hydrogen-bond donors (Lipinski definition) is 0. The van der Waals surface area contributed by atoms with Crippen molar-refractivity contribution in [3.05, 3.63) is 28.5 Å². The van der Waals surface area contributed by atoms with Gasteiger partial charge in [0.25, 0.3) is 0 Å². The molecule has 0 spiro atoms. The van der Waals surface area contributed by atoms with E-state index in [1.807, 2.05) is 12.1 Å². The monoisotopic (exact) mass is 253 g/mol. The van der Waals surface area contributed by atoms with Crippen molar-refractivity contribution in [1.82, 2.24) is 4.98 Å². The van der Waals surface area contributed by atoms with Crippen LogP contribution >= 0.6 is 15.9 Å². The topological polar surface area (TPSA) is 12.9 Å². The van der Waals surface area contributed by atoms with Crippen LogP contribution in [0.4, 0.5) is 0 Å². The second-order valence-corrected chi connectivity index (χ2v) is 9.43. The first-order valence-electron chi connectivity index (χ1n) is 4.12. The van der Waals surface area contributed by atoms with Crippen LogP contribution in [-0.4, -0.2) is 13.1 Å². The van der Waals surface area contributed by atoms with Crippen LogP contribution in [0.1, 0.15) is 5.56 Å². The Morgan fingerprint density at radius 2 is 2.08 bits per heavy atom. The average molecular weight is 254 g/mol. The minimum absolute atomic E-state index is 0.842. The lowest BCUT2D eigenvalue weighted by Gasteiger charge is -2.03. The smallest absolute Gasteiger partial charge is 0.129 e. The third kappa shape index (κ3) is 4.25. The van der Waals surface area contributed by atoms with E-state index in [2.05, 4.69) is 52.0 Å². The van der Waals surface area contributed by atoms with Gasteiger partial charge < -0.3 is 0 Å². The van der Waals surface area contributed by atoms with Gasteiger partial charge in [-0.15, -0.1) is 5.54 Å². The van der Waals surface area contributed by atoms with Crippen molar-refractivity contribution in [2.75, 3.05) is 0 Å². The van der Waals surface area contributed by atoms with E-state index in [1.165, 1.54) is 0 Å². The Labute approximate surface area is 88.7 Å². The third-order valence-electron chi connectivity index (χ3n) is 1.31. The maximum atomic E-state index is 4.04. The zero-order valence-electron chi connectivity index (χ0n) is 8.06. The van der Waals surface area contributed by atoms with Crippen molar-refractivity contribution >= 4 is 24.0 Å². The van der Waals surface area contributed by atoms with E-state index < -0.39 is 8.07 Å². The molecule has 0 amide bonds. The Balaban J connectivity index is 2.90. The summed E-state index contributed by atoms with van der Waals surface area (Å²) < 4.78 is 0.842. The first-order valence-corrected chi connectivity index (χ1v) is 8.41. The maximum absolute atomic E-state index is 4.04. The van der Waals surface area contributed by atoms with E-state index >= 15 is 0 Å². The molecule has 1 nitrogen and oxygen atoms in total. The van der Waals surface area contributed by atoms with Gasteiger partial charge in [-0.3, -0.25) is 0 Å². The molecule has 0 aliphatic rings. The number of pyridine rings is 1. The number of halogens is 1. The number of aromatic nitrogens is 1. The quantitative estimate of drug-likeness (QED) is 0.394. The Morgan fingerprint density at radius 1 is 1.38 bits per heavy atom. The van der Waals surface area contributed by atoms with E-state index in [4.69, 9.17) is 0 Å². The van der Waals surface area contributed by atoms with Gasteiger partial charge >= 0.3 is 0 Å². The Kier molecular flexibility index (Phi) is 3.29. The zero-order valence-corrected chi connectivity index (χ0v) is 10.6. The highest BCUT2D eigenvalue weighted by Crippen LogP contribution is 2.07. The first kappa shape index (κ1) is 10.5. The molecule has 3 heteroatoms. The molecule has 0 aliphatic heterocycles. The molecular weight excluding hydrogens is 242 g/mol. The van der Waals surface area contributed by atoms with Gasteiger partial charge in [0, 0.05) is 11.8 Å². The standard InChI is InChI=1S/C10H12BrNSi/c1-13(2,3)7-5-9-4-6-12-10(11)8-9/h4,6,8H,1-3H3. The van der Waals surface area contributed by atoms with E-state index in [-0.39, 0.29) is 0 Å². The highest BCUT2D eigenvalue weighted by Gasteiger charge is 2.07. The molecule has 0 saturated carbocycles. The van der Waals surface area contributed by atoms with Gasteiger partial charge in [-0.1, -0.05) is 25.6 Å². The van der Waals surface area contributed by atoms with Crippen LogP contribution in [0.25, 0.3) is 0 Å². The molecular formula is C10H12BrNSi. The van der Waals surface area contributed by atoms with Crippen LogP contribution in [0.2, 0.25) is 19.6 Å². The van der Waals surface area contributed by atoms with Gasteiger partial charge in [-0.25, -0.2) is 4.98 Å². The molecule has 1 rings (SSSR count). The van der Waals surface area contributed by atoms with E-state index in [9.17, 15) is 0 Å². The molecule has 0 bridgehead atoms. The molecule has 0 unspecified atom stereocenters. The average Bonchev–Trinajstić information content (AvgIpc) is 2.00. The number of nitrogens with zero attached hydrogens (tertiary/aromatic N) is 1. The van der Waals surface area contributed by atoms with Crippen LogP contribution < -0.4 is 0 Å². The summed E-state index contributed by atoms with van der Waals surface area (Å²) in [5.74, 6) is 3.17. The van der Waals surface area contributed by atoms with Crippen molar-refractivity contribution in [1.29, 1.82) is 0 Å². The molecule has 1 aromatic heterocycles. The molecule has 13 heavy (non-hydrogen) atoms. The van der Waals surface area contributed by atoms with E-state index in [0.29, 0.717) is 0 Å². The minimum atomic E-state index is -1.25. The third-order valence-corrected chi connectivity index (χ3v) is 2.62. The lowest BCUT2D eigenvalue weighted by atomic mass is 10.3. The second-order valence-electron chi connectivity index (χ2n) is 3.87. The lowest BCUT2D eigenvalue weighted by molar-refractivity contribution is 1.27. The summed E-state index contributed by atoms with van der Waals surface area (Å²) in [6.07, 6.45) is 1.76. The fraction of sp³-hybridized carbons (Fsp3) is 0.300. The molecule has 0 saturated heterocycles. The summed E-state index contributed by atoms with van der Waals surface area (Å²) in [5.41, 5.74) is 4.34. The predicted octanol–water partition coefficient (Wildman–Crippen LogP) is 3.07. The summed E-state index contributed by atoms with van der Waals surface area (Å²) in [6.45, 7) is 6.70. The maximum Gasteiger partial charge on any atom is 0.129 e. The van der Waals surface area contributed by atoms with E-state index in [1.54, 1.807) is 6.20 Å². The molecule has 0 atom stereocenters. The summed E-state index contributed by atoms with van der Waals surface area (Å²) in [4.78, 5) is 4.04. The van der Waals surface area contributed by atoms with Gasteiger partial charge in [0.15, 0.2) is 0 Å². The number of hydrogen-bond acceptors (Lipinski definition) is 1. The minimum Gasteiger partial charge on any atom is -0.249 e. The molecule has 0 aromatic carbocycles. The lowest BCUT2D eigenvalue weighted by Crippen LogP contribution is -2.16. The largest absolute Gasteiger partial charge is 0.249 e. The van der Waals surface area contributed by atoms with Crippen LogP contribution in [-0.2, 0) is 0 Å². The zero-order chi connectivity index (χ0) is 9.90. The molecule has 1 heterocycles. The van der Waals surface area contributed by atoms with E-state index in [0.717, 1.165) is 10.2 Å². The predicted molar refractivity (Wildman–Crippen MR) is 62.2 cm³/mol. The van der Waals surface area contributed by atoms with Crippen LogP contribution in [0.5, 0.6) is 0 Å². The van der Waals surface area contributed by atoms with Crippen LogP contribution in [0.3, 0.4) is 0 Å². The summed E-state index contributed by atoms with van der Waals surface area (Å²) in [7, 11) is -1.25. The van der Waals surface area contributed by atoms with Gasteiger partial charge in [-0.05, 0) is 28.1 Å². The van der Waals surface area contributed by atoms with Crippen molar-refractivity contribution in [2.24, 2.45) is 0 Å². The fourth-order valence-corrected chi connectivity index (χ4v) is 1.62. The molecule has 1 aromatic rings. The van der Waals surface area contributed by atoms with Gasteiger partial charge in [-0.2, -0.15) is 0 Å². The molecule has 0 fully saturated rings. The SMILES string of the molecule is C[Si](C)(C)C#Cc1ccnc(Br)c1. The van der Waals surface area contributed by atoms with Crippen molar-refractivity contribution in [3.63, 3.8) is 0 Å². The highest BCUT2D eigenvalue weighted by molar-refractivity contribution is 9.10.